The molecule has 1 N–H and O–H groups in total. The van der Waals surface area contributed by atoms with Gasteiger partial charge in [0.05, 0.1) is 13.2 Å². The third kappa shape index (κ3) is 3.04. The van der Waals surface area contributed by atoms with Crippen molar-refractivity contribution >= 4 is 5.97 Å². The molecule has 3 unspecified atom stereocenters. The van der Waals surface area contributed by atoms with E-state index in [0.29, 0.717) is 0 Å². The summed E-state index contributed by atoms with van der Waals surface area (Å²) in [6.07, 6.45) is -10.1. The normalized spacial score (nSPS) is 26.9. The van der Waals surface area contributed by atoms with Gasteiger partial charge in [-0.3, -0.25) is 0 Å². The molecule has 1 aliphatic heterocycles. The average molecular weight is 304 g/mol. The Bertz CT molecular complexity index is 370. The molecule has 0 aromatic carbocycles. The van der Waals surface area contributed by atoms with Gasteiger partial charge in [-0.1, -0.05) is 0 Å². The van der Waals surface area contributed by atoms with Gasteiger partial charge in [0.2, 0.25) is 0 Å². The topological polar surface area (TPSA) is 65.0 Å². The van der Waals surface area contributed by atoms with Crippen LogP contribution in [0.4, 0.5) is 17.6 Å². The third-order valence-electron chi connectivity index (χ3n) is 2.78. The molecular formula is C11H16F4O5. The minimum absolute atomic E-state index is 0.458. The van der Waals surface area contributed by atoms with Crippen molar-refractivity contribution in [2.24, 2.45) is 0 Å². The van der Waals surface area contributed by atoms with E-state index in [0.717, 1.165) is 0 Å². The highest BCUT2D eigenvalue weighted by Gasteiger charge is 2.70. The Balaban J connectivity index is 3.03. The molecule has 0 radical (unpaired) electrons. The van der Waals surface area contributed by atoms with Gasteiger partial charge in [-0.25, -0.2) is 9.18 Å². The van der Waals surface area contributed by atoms with Crippen LogP contribution in [0.2, 0.25) is 0 Å². The van der Waals surface area contributed by atoms with E-state index in [1.165, 1.54) is 20.8 Å². The number of hydrogen-bond donors (Lipinski definition) is 1. The fourth-order valence-corrected chi connectivity index (χ4v) is 1.77. The van der Waals surface area contributed by atoms with Crippen LogP contribution in [0.5, 0.6) is 0 Å². The standard InChI is InChI=1S/C11H16F4O5/c1-4-18-8(17)10(12,11(13,14)15)7(16)6-5-19-9(2,3)20-6/h6-7,16H,4-5H2,1-3H3. The first-order chi connectivity index (χ1) is 8.95. The molecular weight excluding hydrogens is 288 g/mol. The Morgan fingerprint density at radius 3 is 2.35 bits per heavy atom. The van der Waals surface area contributed by atoms with Crippen molar-refractivity contribution in [1.29, 1.82) is 0 Å². The Hall–Kier alpha value is -0.930. The van der Waals surface area contributed by atoms with Crippen LogP contribution in [0.25, 0.3) is 0 Å². The van der Waals surface area contributed by atoms with Crippen molar-refractivity contribution in [3.8, 4) is 0 Å². The second kappa shape index (κ2) is 5.45. The number of halogens is 4. The van der Waals surface area contributed by atoms with Crippen LogP contribution in [0, 0.1) is 0 Å². The zero-order chi connectivity index (χ0) is 15.8. The molecule has 0 saturated carbocycles. The molecule has 1 aliphatic rings. The number of carbonyl (C=O) groups is 1. The Morgan fingerprint density at radius 1 is 1.45 bits per heavy atom. The van der Waals surface area contributed by atoms with Gasteiger partial charge < -0.3 is 19.3 Å². The highest BCUT2D eigenvalue weighted by Crippen LogP contribution is 2.41. The molecule has 1 heterocycles. The fraction of sp³-hybridized carbons (Fsp3) is 0.909. The van der Waals surface area contributed by atoms with Crippen LogP contribution in [0.3, 0.4) is 0 Å². The van der Waals surface area contributed by atoms with Crippen LogP contribution in [0.1, 0.15) is 20.8 Å². The molecule has 0 amide bonds. The number of esters is 1. The van der Waals surface area contributed by atoms with Gasteiger partial charge in [-0.2, -0.15) is 13.2 Å². The molecule has 0 spiro atoms. The first-order valence-corrected chi connectivity index (χ1v) is 5.88. The second-order valence-electron chi connectivity index (χ2n) is 4.74. The van der Waals surface area contributed by atoms with Gasteiger partial charge in [0.15, 0.2) is 5.79 Å². The van der Waals surface area contributed by atoms with Crippen molar-refractivity contribution in [2.45, 2.75) is 50.6 Å². The summed E-state index contributed by atoms with van der Waals surface area (Å²) < 4.78 is 66.7. The number of hydrogen-bond acceptors (Lipinski definition) is 5. The zero-order valence-corrected chi connectivity index (χ0v) is 11.2. The molecule has 3 atom stereocenters. The summed E-state index contributed by atoms with van der Waals surface area (Å²) in [5, 5.41) is 9.63. The monoisotopic (exact) mass is 304 g/mol. The molecule has 118 valence electrons. The lowest BCUT2D eigenvalue weighted by Crippen LogP contribution is -2.61. The average Bonchev–Trinajstić information content (AvgIpc) is 2.66. The Labute approximate surface area is 112 Å². The van der Waals surface area contributed by atoms with Crippen molar-refractivity contribution in [1.82, 2.24) is 0 Å². The van der Waals surface area contributed by atoms with Crippen LogP contribution >= 0.6 is 0 Å². The van der Waals surface area contributed by atoms with Gasteiger partial charge in [0.1, 0.15) is 12.2 Å². The van der Waals surface area contributed by atoms with Crippen molar-refractivity contribution < 1.29 is 41.7 Å². The lowest BCUT2D eigenvalue weighted by atomic mass is 9.94. The largest absolute Gasteiger partial charge is 0.463 e. The van der Waals surface area contributed by atoms with E-state index < -0.39 is 49.0 Å². The van der Waals surface area contributed by atoms with E-state index in [1.54, 1.807) is 0 Å². The molecule has 0 aliphatic carbocycles. The van der Waals surface area contributed by atoms with Crippen molar-refractivity contribution in [3.63, 3.8) is 0 Å². The summed E-state index contributed by atoms with van der Waals surface area (Å²) in [4.78, 5) is 11.3. The predicted molar refractivity (Wildman–Crippen MR) is 57.4 cm³/mol. The van der Waals surface area contributed by atoms with Gasteiger partial charge in [-0.05, 0) is 20.8 Å². The first-order valence-electron chi connectivity index (χ1n) is 5.88. The molecule has 0 aromatic heterocycles. The van der Waals surface area contributed by atoms with Crippen LogP contribution in [-0.2, 0) is 19.0 Å². The van der Waals surface area contributed by atoms with Crippen LogP contribution < -0.4 is 0 Å². The summed E-state index contributed by atoms with van der Waals surface area (Å²) in [5.74, 6) is -3.47. The van der Waals surface area contributed by atoms with Crippen LogP contribution in [-0.4, -0.2) is 54.1 Å². The number of aliphatic hydroxyl groups is 1. The first kappa shape index (κ1) is 17.1. The second-order valence-corrected chi connectivity index (χ2v) is 4.74. The Morgan fingerprint density at radius 2 is 2.00 bits per heavy atom. The van der Waals surface area contributed by atoms with E-state index >= 15 is 0 Å². The van der Waals surface area contributed by atoms with Gasteiger partial charge >= 0.3 is 17.8 Å². The van der Waals surface area contributed by atoms with Gasteiger partial charge in [0.25, 0.3) is 0 Å². The summed E-state index contributed by atoms with van der Waals surface area (Å²) in [6.45, 7) is 3.06. The number of aliphatic hydroxyl groups excluding tert-OH is 1. The van der Waals surface area contributed by atoms with Crippen molar-refractivity contribution in [2.75, 3.05) is 13.2 Å². The molecule has 1 saturated heterocycles. The molecule has 1 fully saturated rings. The molecule has 5 nitrogen and oxygen atoms in total. The summed E-state index contributed by atoms with van der Waals surface area (Å²) in [7, 11) is 0. The van der Waals surface area contributed by atoms with E-state index in [4.69, 9.17) is 9.47 Å². The Kier molecular flexibility index (Phi) is 4.67. The SMILES string of the molecule is CCOC(=O)C(F)(C(O)C1COC(C)(C)O1)C(F)(F)F. The van der Waals surface area contributed by atoms with E-state index in [9.17, 15) is 27.5 Å². The number of rotatable bonds is 4. The molecule has 20 heavy (non-hydrogen) atoms. The molecule has 0 bridgehead atoms. The highest BCUT2D eigenvalue weighted by atomic mass is 19.4. The minimum Gasteiger partial charge on any atom is -0.463 e. The van der Waals surface area contributed by atoms with E-state index in [2.05, 4.69) is 4.74 Å². The summed E-state index contributed by atoms with van der Waals surface area (Å²) in [6, 6.07) is 0. The maximum atomic E-state index is 14.2. The van der Waals surface area contributed by atoms with E-state index in [-0.39, 0.29) is 0 Å². The lowest BCUT2D eigenvalue weighted by molar-refractivity contribution is -0.275. The minimum atomic E-state index is -5.64. The summed E-state index contributed by atoms with van der Waals surface area (Å²) >= 11 is 0. The molecule has 9 heteroatoms. The van der Waals surface area contributed by atoms with Gasteiger partial charge in [0, 0.05) is 0 Å². The van der Waals surface area contributed by atoms with E-state index in [1.807, 2.05) is 0 Å². The number of carbonyl (C=O) groups excluding carboxylic acids is 1. The molecule has 0 aromatic rings. The lowest BCUT2D eigenvalue weighted by Gasteiger charge is -2.32. The molecule has 1 rings (SSSR count). The quantitative estimate of drug-likeness (QED) is 0.627. The van der Waals surface area contributed by atoms with Crippen LogP contribution in [0.15, 0.2) is 0 Å². The number of ether oxygens (including phenoxy) is 3. The highest BCUT2D eigenvalue weighted by molar-refractivity contribution is 5.81. The third-order valence-corrected chi connectivity index (χ3v) is 2.78. The maximum Gasteiger partial charge on any atom is 0.436 e. The number of alkyl halides is 4. The zero-order valence-electron chi connectivity index (χ0n) is 11.2. The van der Waals surface area contributed by atoms with Gasteiger partial charge in [-0.15, -0.1) is 0 Å². The summed E-state index contributed by atoms with van der Waals surface area (Å²) in [5.41, 5.74) is -4.57. The predicted octanol–water partition coefficient (Wildman–Crippen LogP) is 1.33. The smallest absolute Gasteiger partial charge is 0.436 e. The van der Waals surface area contributed by atoms with Crippen molar-refractivity contribution in [3.05, 3.63) is 0 Å². The maximum absolute atomic E-state index is 14.2. The fourth-order valence-electron chi connectivity index (χ4n) is 1.77.